The highest BCUT2D eigenvalue weighted by molar-refractivity contribution is 5.72. The Morgan fingerprint density at radius 1 is 1.00 bits per heavy atom. The maximum Gasteiger partial charge on any atom is 0.414 e. The van der Waals surface area contributed by atoms with Crippen LogP contribution in [-0.4, -0.2) is 67.9 Å². The molecule has 0 aliphatic carbocycles. The first-order chi connectivity index (χ1) is 11.6. The number of carbonyl (C=O) groups is 2. The van der Waals surface area contributed by atoms with Gasteiger partial charge in [-0.2, -0.15) is 0 Å². The third kappa shape index (κ3) is 6.98. The molecule has 0 aliphatic rings. The highest BCUT2D eigenvalue weighted by Gasteiger charge is 2.17. The van der Waals surface area contributed by atoms with Crippen LogP contribution >= 0.6 is 0 Å². The quantitative estimate of drug-likeness (QED) is 0.788. The molecule has 25 heavy (non-hydrogen) atoms. The average Bonchev–Trinajstić information content (AvgIpc) is 2.51. The van der Waals surface area contributed by atoms with Crippen LogP contribution in [0.1, 0.15) is 25.5 Å². The summed E-state index contributed by atoms with van der Waals surface area (Å²) in [6.45, 7) is 4.47. The van der Waals surface area contributed by atoms with Crippen molar-refractivity contribution in [2.75, 3.05) is 34.7 Å². The predicted molar refractivity (Wildman–Crippen MR) is 92.8 cm³/mol. The second-order valence-corrected chi connectivity index (χ2v) is 6.49. The molecule has 0 saturated carbocycles. The molecule has 0 heterocycles. The van der Waals surface area contributed by atoms with Crippen LogP contribution in [0.2, 0.25) is 0 Å². The van der Waals surface area contributed by atoms with Crippen molar-refractivity contribution in [1.29, 1.82) is 0 Å². The third-order valence-electron chi connectivity index (χ3n) is 3.26. The Hall–Kier alpha value is -2.32. The number of nitrogens with zero attached hydrogens (tertiary/aromatic N) is 2. The first kappa shape index (κ1) is 20.7. The maximum absolute atomic E-state index is 11.8. The number of quaternary nitrogens is 1. The van der Waals surface area contributed by atoms with Crippen molar-refractivity contribution in [3.63, 3.8) is 0 Å². The number of ether oxygens (including phenoxy) is 2. The molecule has 140 valence electrons. The fourth-order valence-corrected chi connectivity index (χ4v) is 1.83. The van der Waals surface area contributed by atoms with Crippen molar-refractivity contribution in [1.82, 2.24) is 9.80 Å². The SMILES string of the molecule is CC(C)[NH2+]CC(O)c1cc(OC(=O)N(C)C)cc(OC(=O)N(C)C)c1. The first-order valence-corrected chi connectivity index (χ1v) is 8.04. The first-order valence-electron chi connectivity index (χ1n) is 8.04. The smallest absolute Gasteiger partial charge is 0.410 e. The summed E-state index contributed by atoms with van der Waals surface area (Å²) in [5, 5.41) is 12.4. The lowest BCUT2D eigenvalue weighted by molar-refractivity contribution is -0.689. The molecule has 1 aromatic carbocycles. The van der Waals surface area contributed by atoms with Crippen molar-refractivity contribution in [3.8, 4) is 11.5 Å². The van der Waals surface area contributed by atoms with E-state index in [1.165, 1.54) is 15.9 Å². The predicted octanol–water partition coefficient (Wildman–Crippen LogP) is 0.813. The second-order valence-electron chi connectivity index (χ2n) is 6.49. The number of benzene rings is 1. The maximum atomic E-state index is 11.8. The van der Waals surface area contributed by atoms with Gasteiger partial charge in [0.1, 0.15) is 24.1 Å². The van der Waals surface area contributed by atoms with Gasteiger partial charge in [-0.25, -0.2) is 9.59 Å². The average molecular weight is 354 g/mol. The number of aliphatic hydroxyl groups excluding tert-OH is 1. The van der Waals surface area contributed by atoms with Crippen LogP contribution < -0.4 is 14.8 Å². The third-order valence-corrected chi connectivity index (χ3v) is 3.26. The molecular formula is C17H28N3O5+. The largest absolute Gasteiger partial charge is 0.414 e. The fraction of sp³-hybridized carbons (Fsp3) is 0.529. The van der Waals surface area contributed by atoms with Gasteiger partial charge in [-0.05, 0) is 31.5 Å². The highest BCUT2D eigenvalue weighted by atomic mass is 16.6. The summed E-state index contributed by atoms with van der Waals surface area (Å²) < 4.78 is 10.5. The minimum atomic E-state index is -0.794. The van der Waals surface area contributed by atoms with E-state index in [1.807, 2.05) is 19.2 Å². The van der Waals surface area contributed by atoms with Crippen molar-refractivity contribution in [2.24, 2.45) is 0 Å². The minimum Gasteiger partial charge on any atom is -0.410 e. The van der Waals surface area contributed by atoms with Crippen LogP contribution in [0.3, 0.4) is 0 Å². The summed E-state index contributed by atoms with van der Waals surface area (Å²) in [6.07, 6.45) is -1.92. The van der Waals surface area contributed by atoms with Crippen molar-refractivity contribution >= 4 is 12.2 Å². The number of nitrogens with two attached hydrogens (primary N) is 1. The van der Waals surface area contributed by atoms with Crippen LogP contribution in [0, 0.1) is 0 Å². The number of carbonyl (C=O) groups excluding carboxylic acids is 2. The van der Waals surface area contributed by atoms with E-state index in [1.54, 1.807) is 40.3 Å². The molecule has 0 fully saturated rings. The summed E-state index contributed by atoms with van der Waals surface area (Å²) in [4.78, 5) is 26.1. The minimum absolute atomic E-state index is 0.196. The molecule has 0 saturated heterocycles. The van der Waals surface area contributed by atoms with E-state index in [0.717, 1.165) is 0 Å². The van der Waals surface area contributed by atoms with E-state index in [0.29, 0.717) is 18.2 Å². The van der Waals surface area contributed by atoms with E-state index in [-0.39, 0.29) is 11.5 Å². The molecule has 3 N–H and O–H groups in total. The highest BCUT2D eigenvalue weighted by Crippen LogP contribution is 2.27. The molecule has 0 bridgehead atoms. The van der Waals surface area contributed by atoms with Crippen LogP contribution in [0.15, 0.2) is 18.2 Å². The molecule has 0 spiro atoms. The Labute approximate surface area is 148 Å². The summed E-state index contributed by atoms with van der Waals surface area (Å²) in [5.74, 6) is 0.391. The zero-order valence-corrected chi connectivity index (χ0v) is 15.6. The van der Waals surface area contributed by atoms with Crippen LogP contribution in [0.4, 0.5) is 9.59 Å². The fourth-order valence-electron chi connectivity index (χ4n) is 1.83. The van der Waals surface area contributed by atoms with Gasteiger partial charge in [-0.15, -0.1) is 0 Å². The van der Waals surface area contributed by atoms with Gasteiger partial charge in [-0.1, -0.05) is 0 Å². The molecule has 1 rings (SSSR count). The van der Waals surface area contributed by atoms with Crippen molar-refractivity contribution < 1.29 is 29.5 Å². The zero-order valence-electron chi connectivity index (χ0n) is 15.6. The van der Waals surface area contributed by atoms with E-state index in [4.69, 9.17) is 9.47 Å². The van der Waals surface area contributed by atoms with Crippen LogP contribution in [0.5, 0.6) is 11.5 Å². The van der Waals surface area contributed by atoms with Gasteiger partial charge in [-0.3, -0.25) is 0 Å². The van der Waals surface area contributed by atoms with Crippen molar-refractivity contribution in [2.45, 2.75) is 26.0 Å². The molecule has 0 aromatic heterocycles. The van der Waals surface area contributed by atoms with Crippen LogP contribution in [-0.2, 0) is 0 Å². The lowest BCUT2D eigenvalue weighted by atomic mass is 10.1. The molecule has 1 aromatic rings. The van der Waals surface area contributed by atoms with Gasteiger partial charge in [0.2, 0.25) is 0 Å². The standard InChI is InChI=1S/C17H27N3O5/c1-11(2)18-10-15(21)12-7-13(24-16(22)19(3)4)9-14(8-12)25-17(23)20(5)6/h7-9,11,15,18,21H,10H2,1-6H3/p+1. The number of rotatable bonds is 6. The molecule has 1 atom stereocenters. The molecule has 1 unspecified atom stereocenters. The number of hydrogen-bond acceptors (Lipinski definition) is 5. The lowest BCUT2D eigenvalue weighted by Crippen LogP contribution is -2.89. The lowest BCUT2D eigenvalue weighted by Gasteiger charge is -2.17. The Balaban J connectivity index is 3.08. The van der Waals surface area contributed by atoms with Gasteiger partial charge in [0.25, 0.3) is 0 Å². The van der Waals surface area contributed by atoms with Gasteiger partial charge in [0.05, 0.1) is 6.04 Å². The Bertz CT molecular complexity index is 562. The molecule has 0 radical (unpaired) electrons. The summed E-state index contributed by atoms with van der Waals surface area (Å²) >= 11 is 0. The second kappa shape index (κ2) is 9.24. The number of aliphatic hydroxyl groups is 1. The van der Waals surface area contributed by atoms with E-state index in [2.05, 4.69) is 0 Å². The van der Waals surface area contributed by atoms with E-state index >= 15 is 0 Å². The Morgan fingerprint density at radius 2 is 1.44 bits per heavy atom. The van der Waals surface area contributed by atoms with Crippen molar-refractivity contribution in [3.05, 3.63) is 23.8 Å². The molecule has 2 amide bonds. The number of amides is 2. The van der Waals surface area contributed by atoms with Gasteiger partial charge in [0.15, 0.2) is 0 Å². The van der Waals surface area contributed by atoms with Gasteiger partial charge < -0.3 is 29.7 Å². The molecule has 0 aliphatic heterocycles. The summed E-state index contributed by atoms with van der Waals surface area (Å²) in [6, 6.07) is 4.89. The normalized spacial score (nSPS) is 11.8. The van der Waals surface area contributed by atoms with Crippen LogP contribution in [0.25, 0.3) is 0 Å². The Morgan fingerprint density at radius 3 is 1.80 bits per heavy atom. The molecule has 8 nitrogen and oxygen atoms in total. The number of hydrogen-bond donors (Lipinski definition) is 2. The van der Waals surface area contributed by atoms with E-state index < -0.39 is 18.3 Å². The summed E-state index contributed by atoms with van der Waals surface area (Å²) in [5.41, 5.74) is 0.502. The monoisotopic (exact) mass is 354 g/mol. The summed E-state index contributed by atoms with van der Waals surface area (Å²) in [7, 11) is 6.24. The molecule has 8 heteroatoms. The zero-order chi connectivity index (χ0) is 19.1. The van der Waals surface area contributed by atoms with E-state index in [9.17, 15) is 14.7 Å². The Kier molecular flexibility index (Phi) is 7.66. The topological polar surface area (TPSA) is 95.9 Å². The van der Waals surface area contributed by atoms with Gasteiger partial charge in [0, 0.05) is 34.3 Å². The van der Waals surface area contributed by atoms with Gasteiger partial charge >= 0.3 is 12.2 Å². The molecular weight excluding hydrogens is 326 g/mol.